The van der Waals surface area contributed by atoms with Crippen molar-refractivity contribution in [1.29, 1.82) is 0 Å². The van der Waals surface area contributed by atoms with Gasteiger partial charge in [-0.1, -0.05) is 13.8 Å². The fourth-order valence-corrected chi connectivity index (χ4v) is 2.34. The van der Waals surface area contributed by atoms with E-state index in [1.807, 2.05) is 41.5 Å². The molecule has 0 heterocycles. The Morgan fingerprint density at radius 1 is 0.947 bits per heavy atom. The number of amides is 1. The summed E-state index contributed by atoms with van der Waals surface area (Å²) in [5, 5.41) is 8.90. The molecule has 19 heavy (non-hydrogen) atoms. The highest BCUT2D eigenvalue weighted by Crippen LogP contribution is 2.07. The van der Waals surface area contributed by atoms with Gasteiger partial charge in [0.15, 0.2) is 0 Å². The fourth-order valence-electron chi connectivity index (χ4n) is 2.34. The zero-order valence-electron chi connectivity index (χ0n) is 13.0. The van der Waals surface area contributed by atoms with Gasteiger partial charge in [0.1, 0.15) is 0 Å². The maximum Gasteiger partial charge on any atom is 0.317 e. The van der Waals surface area contributed by atoms with Crippen molar-refractivity contribution in [3.05, 3.63) is 0 Å². The molecule has 0 atom stereocenters. The van der Waals surface area contributed by atoms with Gasteiger partial charge < -0.3 is 10.0 Å². The van der Waals surface area contributed by atoms with Gasteiger partial charge in [-0.3, -0.25) is 14.5 Å². The van der Waals surface area contributed by atoms with Crippen molar-refractivity contribution in [2.24, 2.45) is 5.92 Å². The molecule has 0 bridgehead atoms. The van der Waals surface area contributed by atoms with Gasteiger partial charge in [0.25, 0.3) is 0 Å². The summed E-state index contributed by atoms with van der Waals surface area (Å²) >= 11 is 0. The van der Waals surface area contributed by atoms with Gasteiger partial charge in [-0.15, -0.1) is 0 Å². The van der Waals surface area contributed by atoms with Crippen molar-refractivity contribution in [2.45, 2.75) is 53.6 Å². The third-order valence-corrected chi connectivity index (χ3v) is 2.74. The van der Waals surface area contributed by atoms with Crippen LogP contribution in [0, 0.1) is 5.92 Å². The van der Waals surface area contributed by atoms with Gasteiger partial charge >= 0.3 is 5.97 Å². The molecule has 0 radical (unpaired) electrons. The van der Waals surface area contributed by atoms with Crippen molar-refractivity contribution >= 4 is 11.9 Å². The Hall–Kier alpha value is -1.10. The SMILES string of the molecule is CC(C)CN(CC(=O)O)CC(=O)N(C(C)C)C(C)C. The molecule has 5 nitrogen and oxygen atoms in total. The first-order valence-corrected chi connectivity index (χ1v) is 6.90. The topological polar surface area (TPSA) is 60.9 Å². The molecule has 0 aromatic carbocycles. The second-order valence-corrected chi connectivity index (χ2v) is 5.95. The number of carboxylic acids is 1. The molecule has 0 saturated heterocycles. The molecule has 112 valence electrons. The van der Waals surface area contributed by atoms with Gasteiger partial charge in [0, 0.05) is 18.6 Å². The number of carbonyl (C=O) groups excluding carboxylic acids is 1. The van der Waals surface area contributed by atoms with Crippen LogP contribution in [0.1, 0.15) is 41.5 Å². The minimum absolute atomic E-state index is 0.00750. The summed E-state index contributed by atoms with van der Waals surface area (Å²) in [6, 6.07) is 0.247. The number of hydrogen-bond acceptors (Lipinski definition) is 3. The molecule has 1 amide bonds. The molecule has 0 rings (SSSR count). The van der Waals surface area contributed by atoms with Crippen LogP contribution in [0.3, 0.4) is 0 Å². The number of aliphatic carboxylic acids is 1. The zero-order chi connectivity index (χ0) is 15.2. The van der Waals surface area contributed by atoms with Crippen LogP contribution in [0.25, 0.3) is 0 Å². The van der Waals surface area contributed by atoms with Crippen LogP contribution in [0.15, 0.2) is 0 Å². The van der Waals surface area contributed by atoms with Crippen LogP contribution >= 0.6 is 0 Å². The summed E-state index contributed by atoms with van der Waals surface area (Å²) in [5.41, 5.74) is 0. The Balaban J connectivity index is 4.71. The maximum atomic E-state index is 12.3. The van der Waals surface area contributed by atoms with Crippen molar-refractivity contribution in [3.63, 3.8) is 0 Å². The molecular formula is C14H28N2O3. The first kappa shape index (κ1) is 17.9. The molecule has 5 heteroatoms. The summed E-state index contributed by atoms with van der Waals surface area (Å²) in [6.07, 6.45) is 0. The van der Waals surface area contributed by atoms with E-state index >= 15 is 0 Å². The fraction of sp³-hybridized carbons (Fsp3) is 0.857. The van der Waals surface area contributed by atoms with E-state index in [-0.39, 0.29) is 31.1 Å². The van der Waals surface area contributed by atoms with E-state index in [0.29, 0.717) is 12.5 Å². The molecule has 0 aliphatic carbocycles. The van der Waals surface area contributed by atoms with E-state index in [2.05, 4.69) is 0 Å². The lowest BCUT2D eigenvalue weighted by molar-refractivity contribution is -0.140. The first-order valence-electron chi connectivity index (χ1n) is 6.90. The quantitative estimate of drug-likeness (QED) is 0.730. The van der Waals surface area contributed by atoms with E-state index in [4.69, 9.17) is 5.11 Å². The maximum absolute atomic E-state index is 12.3. The highest BCUT2D eigenvalue weighted by molar-refractivity contribution is 5.79. The van der Waals surface area contributed by atoms with Crippen molar-refractivity contribution in [3.8, 4) is 0 Å². The molecule has 0 aliphatic rings. The van der Waals surface area contributed by atoms with Crippen LogP contribution in [-0.2, 0) is 9.59 Å². The van der Waals surface area contributed by atoms with Gasteiger partial charge in [-0.25, -0.2) is 0 Å². The zero-order valence-corrected chi connectivity index (χ0v) is 13.0. The Kier molecular flexibility index (Phi) is 7.68. The van der Waals surface area contributed by atoms with Crippen LogP contribution in [0.2, 0.25) is 0 Å². The van der Waals surface area contributed by atoms with Crippen molar-refractivity contribution < 1.29 is 14.7 Å². The number of hydrogen-bond donors (Lipinski definition) is 1. The Morgan fingerprint density at radius 2 is 1.42 bits per heavy atom. The summed E-state index contributed by atoms with van der Waals surface area (Å²) in [4.78, 5) is 26.6. The van der Waals surface area contributed by atoms with Crippen molar-refractivity contribution in [2.75, 3.05) is 19.6 Å². The monoisotopic (exact) mass is 272 g/mol. The minimum atomic E-state index is -0.894. The number of rotatable bonds is 8. The third-order valence-electron chi connectivity index (χ3n) is 2.74. The Labute approximate surface area is 116 Å². The average molecular weight is 272 g/mol. The lowest BCUT2D eigenvalue weighted by atomic mass is 10.2. The molecule has 0 unspecified atom stereocenters. The van der Waals surface area contributed by atoms with Crippen LogP contribution in [-0.4, -0.2) is 58.5 Å². The third kappa shape index (κ3) is 7.15. The molecular weight excluding hydrogens is 244 g/mol. The first-order chi connectivity index (χ1) is 8.65. The summed E-state index contributed by atoms with van der Waals surface area (Å²) < 4.78 is 0. The standard InChI is InChI=1S/C14H28N2O3/c1-10(2)7-15(9-14(18)19)8-13(17)16(11(3)4)12(5)6/h10-12H,7-9H2,1-6H3,(H,18,19). The molecule has 0 fully saturated rings. The van der Waals surface area contributed by atoms with Crippen LogP contribution in [0.5, 0.6) is 0 Å². The van der Waals surface area contributed by atoms with E-state index in [9.17, 15) is 9.59 Å². The summed E-state index contributed by atoms with van der Waals surface area (Å²) in [6.45, 7) is 12.6. The van der Waals surface area contributed by atoms with Crippen LogP contribution < -0.4 is 0 Å². The largest absolute Gasteiger partial charge is 0.480 e. The highest BCUT2D eigenvalue weighted by Gasteiger charge is 2.23. The predicted molar refractivity (Wildman–Crippen MR) is 76.0 cm³/mol. The van der Waals surface area contributed by atoms with Crippen LogP contribution in [0.4, 0.5) is 0 Å². The van der Waals surface area contributed by atoms with Gasteiger partial charge in [-0.2, -0.15) is 0 Å². The van der Waals surface area contributed by atoms with Gasteiger partial charge in [-0.05, 0) is 33.6 Å². The van der Waals surface area contributed by atoms with Gasteiger partial charge in [0.05, 0.1) is 13.1 Å². The summed E-state index contributed by atoms with van der Waals surface area (Å²) in [7, 11) is 0. The molecule has 0 aromatic heterocycles. The van der Waals surface area contributed by atoms with E-state index < -0.39 is 5.97 Å². The molecule has 0 spiro atoms. The minimum Gasteiger partial charge on any atom is -0.480 e. The van der Waals surface area contributed by atoms with Crippen molar-refractivity contribution in [1.82, 2.24) is 9.80 Å². The lowest BCUT2D eigenvalue weighted by Gasteiger charge is -2.33. The summed E-state index contributed by atoms with van der Waals surface area (Å²) in [5.74, 6) is -0.570. The highest BCUT2D eigenvalue weighted by atomic mass is 16.4. The lowest BCUT2D eigenvalue weighted by Crippen LogP contribution is -2.48. The van der Waals surface area contributed by atoms with E-state index in [0.717, 1.165) is 0 Å². The number of carboxylic acid groups (broad SMARTS) is 1. The van der Waals surface area contributed by atoms with E-state index in [1.54, 1.807) is 9.80 Å². The average Bonchev–Trinajstić information content (AvgIpc) is 2.12. The normalized spacial score (nSPS) is 11.7. The molecule has 1 N–H and O–H groups in total. The Morgan fingerprint density at radius 3 is 1.74 bits per heavy atom. The second kappa shape index (κ2) is 8.15. The number of nitrogens with zero attached hydrogens (tertiary/aromatic N) is 2. The predicted octanol–water partition coefficient (Wildman–Crippen LogP) is 1.67. The van der Waals surface area contributed by atoms with Gasteiger partial charge in [0.2, 0.25) is 5.91 Å². The Bertz CT molecular complexity index is 293. The second-order valence-electron chi connectivity index (χ2n) is 5.95. The smallest absolute Gasteiger partial charge is 0.317 e. The molecule has 0 saturated carbocycles. The molecule has 0 aromatic rings. The molecule has 0 aliphatic heterocycles. The van der Waals surface area contributed by atoms with E-state index in [1.165, 1.54) is 0 Å². The number of carbonyl (C=O) groups is 2.